The summed E-state index contributed by atoms with van der Waals surface area (Å²) in [6.07, 6.45) is 5.39. The molecule has 4 nitrogen and oxygen atoms in total. The van der Waals surface area contributed by atoms with Crippen molar-refractivity contribution in [3.8, 4) is 0 Å². The smallest absolute Gasteiger partial charge is 0.254 e. The molecule has 0 aliphatic carbocycles. The van der Waals surface area contributed by atoms with Gasteiger partial charge in [0.25, 0.3) is 5.91 Å². The summed E-state index contributed by atoms with van der Waals surface area (Å²) >= 11 is 3.40. The largest absolute Gasteiger partial charge is 0.348 e. The van der Waals surface area contributed by atoms with Gasteiger partial charge in [-0.25, -0.2) is 9.97 Å². The Morgan fingerprint density at radius 1 is 1.44 bits per heavy atom. The normalized spacial score (nSPS) is 12.5. The predicted molar refractivity (Wildman–Crippen MR) is 66.5 cm³/mol. The van der Waals surface area contributed by atoms with Crippen molar-refractivity contribution >= 4 is 21.8 Å². The van der Waals surface area contributed by atoms with Crippen LogP contribution in [-0.2, 0) is 0 Å². The van der Waals surface area contributed by atoms with Crippen LogP contribution in [0.5, 0.6) is 0 Å². The van der Waals surface area contributed by atoms with Crippen molar-refractivity contribution in [2.75, 3.05) is 5.33 Å². The molecular formula is C11H16BrN3O. The maximum Gasteiger partial charge on any atom is 0.254 e. The molecule has 0 radical (unpaired) electrons. The van der Waals surface area contributed by atoms with E-state index in [0.717, 1.165) is 11.8 Å². The van der Waals surface area contributed by atoms with Crippen molar-refractivity contribution in [1.29, 1.82) is 0 Å². The van der Waals surface area contributed by atoms with Crippen LogP contribution in [0.15, 0.2) is 18.7 Å². The van der Waals surface area contributed by atoms with Gasteiger partial charge in [0.1, 0.15) is 6.33 Å². The molecule has 1 unspecified atom stereocenters. The van der Waals surface area contributed by atoms with Crippen LogP contribution in [0.3, 0.4) is 0 Å². The Hall–Kier alpha value is -0.970. The molecule has 0 bridgehead atoms. The number of hydrogen-bond acceptors (Lipinski definition) is 3. The fourth-order valence-electron chi connectivity index (χ4n) is 1.41. The highest BCUT2D eigenvalue weighted by Gasteiger charge is 2.14. The van der Waals surface area contributed by atoms with Crippen molar-refractivity contribution in [2.24, 2.45) is 5.92 Å². The second-order valence-electron chi connectivity index (χ2n) is 4.08. The average molecular weight is 286 g/mol. The topological polar surface area (TPSA) is 54.9 Å². The van der Waals surface area contributed by atoms with Crippen molar-refractivity contribution < 1.29 is 4.79 Å². The van der Waals surface area contributed by atoms with Crippen LogP contribution < -0.4 is 5.32 Å². The Kier molecular flexibility index (Phi) is 5.38. The van der Waals surface area contributed by atoms with Crippen LogP contribution in [-0.4, -0.2) is 27.2 Å². The van der Waals surface area contributed by atoms with E-state index in [2.05, 4.69) is 45.1 Å². The predicted octanol–water partition coefficient (Wildman–Crippen LogP) is 2.02. The maximum absolute atomic E-state index is 11.8. The lowest BCUT2D eigenvalue weighted by Gasteiger charge is -2.17. The lowest BCUT2D eigenvalue weighted by Crippen LogP contribution is -2.37. The number of aromatic nitrogens is 2. The van der Waals surface area contributed by atoms with Gasteiger partial charge in [-0.3, -0.25) is 4.79 Å². The second-order valence-corrected chi connectivity index (χ2v) is 4.73. The summed E-state index contributed by atoms with van der Waals surface area (Å²) in [7, 11) is 0. The van der Waals surface area contributed by atoms with Crippen LogP contribution in [0.4, 0.5) is 0 Å². The van der Waals surface area contributed by atoms with E-state index in [1.54, 1.807) is 0 Å². The first kappa shape index (κ1) is 13.1. The van der Waals surface area contributed by atoms with E-state index < -0.39 is 0 Å². The van der Waals surface area contributed by atoms with Gasteiger partial charge in [0.05, 0.1) is 5.56 Å². The molecule has 0 aliphatic heterocycles. The summed E-state index contributed by atoms with van der Waals surface area (Å²) in [5.41, 5.74) is 0.497. The van der Waals surface area contributed by atoms with Crippen molar-refractivity contribution in [2.45, 2.75) is 26.3 Å². The van der Waals surface area contributed by atoms with Crippen molar-refractivity contribution in [3.05, 3.63) is 24.3 Å². The Morgan fingerprint density at radius 2 is 2.06 bits per heavy atom. The van der Waals surface area contributed by atoms with Gasteiger partial charge in [0, 0.05) is 23.8 Å². The van der Waals surface area contributed by atoms with Crippen LogP contribution in [0, 0.1) is 5.92 Å². The zero-order valence-corrected chi connectivity index (χ0v) is 11.1. The quantitative estimate of drug-likeness (QED) is 0.842. The first-order chi connectivity index (χ1) is 7.63. The van der Waals surface area contributed by atoms with Gasteiger partial charge in [-0.1, -0.05) is 29.8 Å². The Balaban J connectivity index is 2.56. The SMILES string of the molecule is CC(C)CC(CBr)NC(=O)c1cncnc1. The molecule has 1 atom stereocenters. The van der Waals surface area contributed by atoms with E-state index in [9.17, 15) is 4.79 Å². The van der Waals surface area contributed by atoms with Gasteiger partial charge in [0.2, 0.25) is 0 Å². The summed E-state index contributed by atoms with van der Waals surface area (Å²) in [5, 5.41) is 3.70. The minimum absolute atomic E-state index is 0.120. The summed E-state index contributed by atoms with van der Waals surface area (Å²) in [6.45, 7) is 4.26. The number of rotatable bonds is 5. The number of hydrogen-bond donors (Lipinski definition) is 1. The van der Waals surface area contributed by atoms with Crippen LogP contribution in [0.25, 0.3) is 0 Å². The Labute approximate surface area is 104 Å². The van der Waals surface area contributed by atoms with Crippen LogP contribution >= 0.6 is 15.9 Å². The Bertz CT molecular complexity index is 329. The molecule has 0 aromatic carbocycles. The molecule has 88 valence electrons. The first-order valence-electron chi connectivity index (χ1n) is 5.25. The van der Waals surface area contributed by atoms with E-state index in [-0.39, 0.29) is 11.9 Å². The minimum atomic E-state index is -0.120. The van der Waals surface area contributed by atoms with E-state index in [1.165, 1.54) is 18.7 Å². The molecular weight excluding hydrogens is 270 g/mol. The van der Waals surface area contributed by atoms with Gasteiger partial charge < -0.3 is 5.32 Å². The highest BCUT2D eigenvalue weighted by atomic mass is 79.9. The van der Waals surface area contributed by atoms with Crippen molar-refractivity contribution in [3.63, 3.8) is 0 Å². The van der Waals surface area contributed by atoms with Gasteiger partial charge in [-0.15, -0.1) is 0 Å². The average Bonchev–Trinajstić information content (AvgIpc) is 2.28. The minimum Gasteiger partial charge on any atom is -0.348 e. The third-order valence-electron chi connectivity index (χ3n) is 2.10. The number of carbonyl (C=O) groups excluding carboxylic acids is 1. The lowest BCUT2D eigenvalue weighted by molar-refractivity contribution is 0.0936. The van der Waals surface area contributed by atoms with E-state index in [4.69, 9.17) is 0 Å². The van der Waals surface area contributed by atoms with Gasteiger partial charge in [0.15, 0.2) is 0 Å². The fraction of sp³-hybridized carbons (Fsp3) is 0.545. The number of amides is 1. The van der Waals surface area contributed by atoms with E-state index >= 15 is 0 Å². The fourth-order valence-corrected chi connectivity index (χ4v) is 1.84. The third-order valence-corrected chi connectivity index (χ3v) is 2.88. The number of nitrogens with one attached hydrogen (secondary N) is 1. The second kappa shape index (κ2) is 6.58. The maximum atomic E-state index is 11.8. The third kappa shape index (κ3) is 4.26. The zero-order valence-electron chi connectivity index (χ0n) is 9.48. The van der Waals surface area contributed by atoms with E-state index in [0.29, 0.717) is 11.5 Å². The highest BCUT2D eigenvalue weighted by Crippen LogP contribution is 2.07. The molecule has 0 saturated carbocycles. The summed E-state index contributed by atoms with van der Waals surface area (Å²) in [4.78, 5) is 19.4. The highest BCUT2D eigenvalue weighted by molar-refractivity contribution is 9.09. The monoisotopic (exact) mass is 285 g/mol. The number of carbonyl (C=O) groups is 1. The van der Waals surface area contributed by atoms with Crippen LogP contribution in [0.1, 0.15) is 30.6 Å². The zero-order chi connectivity index (χ0) is 12.0. The van der Waals surface area contributed by atoms with Gasteiger partial charge in [-0.2, -0.15) is 0 Å². The van der Waals surface area contributed by atoms with E-state index in [1.807, 2.05) is 0 Å². The molecule has 1 N–H and O–H groups in total. The number of alkyl halides is 1. The molecule has 1 heterocycles. The molecule has 0 spiro atoms. The lowest BCUT2D eigenvalue weighted by atomic mass is 10.1. The molecule has 16 heavy (non-hydrogen) atoms. The molecule has 5 heteroatoms. The number of halogens is 1. The summed E-state index contributed by atoms with van der Waals surface area (Å²) in [6, 6.07) is 0.146. The molecule has 1 amide bonds. The first-order valence-corrected chi connectivity index (χ1v) is 6.37. The van der Waals surface area contributed by atoms with Crippen molar-refractivity contribution in [1.82, 2.24) is 15.3 Å². The molecule has 1 aromatic heterocycles. The Morgan fingerprint density at radius 3 is 2.56 bits per heavy atom. The molecule has 0 saturated heterocycles. The molecule has 1 rings (SSSR count). The number of nitrogens with zero attached hydrogens (tertiary/aromatic N) is 2. The van der Waals surface area contributed by atoms with Crippen LogP contribution in [0.2, 0.25) is 0 Å². The molecule has 0 fully saturated rings. The summed E-state index contributed by atoms with van der Waals surface area (Å²) < 4.78 is 0. The molecule has 0 aliphatic rings. The standard InChI is InChI=1S/C11H16BrN3O/c1-8(2)3-10(4-12)15-11(16)9-5-13-7-14-6-9/h5-8,10H,3-4H2,1-2H3,(H,15,16). The summed E-state index contributed by atoms with van der Waals surface area (Å²) in [5.74, 6) is 0.431. The van der Waals surface area contributed by atoms with Gasteiger partial charge in [-0.05, 0) is 12.3 Å². The molecule has 1 aromatic rings. The van der Waals surface area contributed by atoms with Gasteiger partial charge >= 0.3 is 0 Å².